The average molecular weight is 185 g/mol. The molecule has 0 heterocycles. The molecule has 1 aromatic rings. The van der Waals surface area contributed by atoms with Gasteiger partial charge in [-0.1, -0.05) is 0 Å². The molecule has 66 valence electrons. The zero-order chi connectivity index (χ0) is 8.97. The van der Waals surface area contributed by atoms with Gasteiger partial charge in [-0.3, -0.25) is 10.7 Å². The van der Waals surface area contributed by atoms with Crippen LogP contribution < -0.4 is 10.0 Å². The molecular weight excluding hydrogens is 173 g/mol. The van der Waals surface area contributed by atoms with Gasteiger partial charge in [-0.2, -0.15) is 0 Å². The van der Waals surface area contributed by atoms with Crippen molar-refractivity contribution in [2.75, 3.05) is 18.8 Å². The summed E-state index contributed by atoms with van der Waals surface area (Å²) in [4.78, 5) is 0. The molecule has 1 rings (SSSR count). The highest BCUT2D eigenvalue weighted by molar-refractivity contribution is 7.51. The normalized spacial score (nSPS) is 10.0. The van der Waals surface area contributed by atoms with Gasteiger partial charge >= 0.3 is 0 Å². The van der Waals surface area contributed by atoms with E-state index in [4.69, 9.17) is 9.73 Å². The van der Waals surface area contributed by atoms with Gasteiger partial charge < -0.3 is 4.52 Å². The fourth-order valence-electron chi connectivity index (χ4n) is 0.801. The fourth-order valence-corrected chi connectivity index (χ4v) is 1.34. The van der Waals surface area contributed by atoms with E-state index in [1.807, 2.05) is 25.5 Å². The lowest BCUT2D eigenvalue weighted by Gasteiger charge is -2.08. The lowest BCUT2D eigenvalue weighted by atomic mass is 10.3. The Kier molecular flexibility index (Phi) is 3.32. The minimum atomic E-state index is -0.374. The summed E-state index contributed by atoms with van der Waals surface area (Å²) in [6, 6.07) is 7.16. The third-order valence-electron chi connectivity index (χ3n) is 1.27. The summed E-state index contributed by atoms with van der Waals surface area (Å²) in [6.45, 7) is 4.07. The monoisotopic (exact) mass is 185 g/mol. The molecule has 0 aliphatic rings. The first-order valence-corrected chi connectivity index (χ1v) is 5.73. The minimum Gasteiger partial charge on any atom is -0.475 e. The Labute approximate surface area is 73.2 Å². The van der Waals surface area contributed by atoms with Crippen LogP contribution in [0.1, 0.15) is 0 Å². The third kappa shape index (κ3) is 2.68. The number of benzene rings is 1. The van der Waals surface area contributed by atoms with Gasteiger partial charge in [-0.25, -0.2) is 0 Å². The number of anilines is 1. The van der Waals surface area contributed by atoms with E-state index in [0.717, 1.165) is 5.75 Å². The minimum absolute atomic E-state index is 0.374. The summed E-state index contributed by atoms with van der Waals surface area (Å²) in [5.41, 5.74) is 2.72. The van der Waals surface area contributed by atoms with Crippen LogP contribution in [0.5, 0.6) is 5.75 Å². The smallest absolute Gasteiger partial charge is 0.123 e. The molecule has 12 heavy (non-hydrogen) atoms. The van der Waals surface area contributed by atoms with Crippen LogP contribution in [0, 0.1) is 0 Å². The van der Waals surface area contributed by atoms with Crippen LogP contribution >= 0.6 is 8.15 Å². The predicted molar refractivity (Wildman–Crippen MR) is 51.2 cm³/mol. The molecule has 0 amide bonds. The summed E-state index contributed by atoms with van der Waals surface area (Å²) in [7, 11) is -0.374. The zero-order valence-corrected chi connectivity index (χ0v) is 8.01. The number of rotatable bonds is 3. The van der Waals surface area contributed by atoms with Gasteiger partial charge in [0.25, 0.3) is 0 Å². The molecule has 2 N–H and O–H groups in total. The Morgan fingerprint density at radius 2 is 1.83 bits per heavy atom. The number of nitrogens with one attached hydrogen (secondary N) is 1. The van der Waals surface area contributed by atoms with Crippen molar-refractivity contribution in [2.45, 2.75) is 0 Å². The van der Waals surface area contributed by atoms with Crippen LogP contribution in [-0.4, -0.2) is 18.5 Å². The van der Waals surface area contributed by atoms with Gasteiger partial charge in [0.05, 0.1) is 13.8 Å². The van der Waals surface area contributed by atoms with E-state index in [1.165, 1.54) is 0 Å². The molecule has 0 aliphatic heterocycles. The van der Waals surface area contributed by atoms with E-state index in [0.29, 0.717) is 5.69 Å². The van der Waals surface area contributed by atoms with Crippen LogP contribution in [0.25, 0.3) is 0 Å². The molecule has 0 atom stereocenters. The molecule has 1 aromatic carbocycles. The number of hydrogen-bond donors (Lipinski definition) is 2. The van der Waals surface area contributed by atoms with Gasteiger partial charge in [0.2, 0.25) is 0 Å². The number of hydrogen-bond acceptors (Lipinski definition) is 3. The average Bonchev–Trinajstić information content (AvgIpc) is 2.05. The first-order valence-electron chi connectivity index (χ1n) is 3.58. The maximum absolute atomic E-state index is 8.52. The Bertz CT molecular complexity index is 235. The molecule has 0 unspecified atom stereocenters. The van der Waals surface area contributed by atoms with Crippen LogP contribution in [0.15, 0.2) is 24.3 Å². The summed E-state index contributed by atoms with van der Waals surface area (Å²) in [6.07, 6.45) is 0. The van der Waals surface area contributed by atoms with E-state index in [2.05, 4.69) is 5.48 Å². The van der Waals surface area contributed by atoms with Crippen LogP contribution in [0.2, 0.25) is 0 Å². The lowest BCUT2D eigenvalue weighted by Crippen LogP contribution is -1.88. The molecule has 3 nitrogen and oxygen atoms in total. The SMILES string of the molecule is CP(C)Oc1ccc(NO)cc1. The van der Waals surface area contributed by atoms with Crippen LogP contribution in [0.3, 0.4) is 0 Å². The second kappa shape index (κ2) is 4.29. The molecule has 0 radical (unpaired) electrons. The van der Waals surface area contributed by atoms with E-state index in [1.54, 1.807) is 12.1 Å². The molecule has 0 fully saturated rings. The molecule has 0 saturated carbocycles. The Balaban J connectivity index is 2.65. The van der Waals surface area contributed by atoms with Crippen molar-refractivity contribution < 1.29 is 9.73 Å². The first kappa shape index (κ1) is 9.30. The Hall–Kier alpha value is -0.790. The summed E-state index contributed by atoms with van der Waals surface area (Å²) >= 11 is 0. The van der Waals surface area contributed by atoms with E-state index < -0.39 is 0 Å². The van der Waals surface area contributed by atoms with Gasteiger partial charge in [0, 0.05) is 0 Å². The Morgan fingerprint density at radius 1 is 1.25 bits per heavy atom. The van der Waals surface area contributed by atoms with Gasteiger partial charge in [-0.15, -0.1) is 0 Å². The second-order valence-corrected chi connectivity index (χ2v) is 4.35. The van der Waals surface area contributed by atoms with Gasteiger partial charge in [0.1, 0.15) is 5.75 Å². The second-order valence-electron chi connectivity index (χ2n) is 2.54. The van der Waals surface area contributed by atoms with Crippen molar-refractivity contribution >= 4 is 13.8 Å². The van der Waals surface area contributed by atoms with Gasteiger partial charge in [0.15, 0.2) is 0 Å². The highest BCUT2D eigenvalue weighted by Gasteiger charge is 1.96. The summed E-state index contributed by atoms with van der Waals surface area (Å²) < 4.78 is 5.47. The molecule has 0 spiro atoms. The van der Waals surface area contributed by atoms with E-state index in [-0.39, 0.29) is 8.15 Å². The van der Waals surface area contributed by atoms with Crippen molar-refractivity contribution in [3.8, 4) is 5.75 Å². The quantitative estimate of drug-likeness (QED) is 0.561. The van der Waals surface area contributed by atoms with E-state index in [9.17, 15) is 0 Å². The Morgan fingerprint density at radius 3 is 2.25 bits per heavy atom. The highest BCUT2D eigenvalue weighted by atomic mass is 31.1. The molecule has 0 saturated heterocycles. The molecule has 4 heteroatoms. The van der Waals surface area contributed by atoms with Crippen molar-refractivity contribution in [2.24, 2.45) is 0 Å². The van der Waals surface area contributed by atoms with Crippen LogP contribution in [0.4, 0.5) is 5.69 Å². The molecular formula is C8H12NO2P. The lowest BCUT2D eigenvalue weighted by molar-refractivity contribution is 0.389. The molecule has 0 aromatic heterocycles. The molecule has 0 aliphatic carbocycles. The van der Waals surface area contributed by atoms with E-state index >= 15 is 0 Å². The zero-order valence-electron chi connectivity index (χ0n) is 7.11. The maximum atomic E-state index is 8.52. The van der Waals surface area contributed by atoms with Crippen molar-refractivity contribution in [1.82, 2.24) is 0 Å². The third-order valence-corrected chi connectivity index (χ3v) is 1.85. The van der Waals surface area contributed by atoms with Crippen molar-refractivity contribution in [3.05, 3.63) is 24.3 Å². The van der Waals surface area contributed by atoms with Crippen LogP contribution in [-0.2, 0) is 0 Å². The standard InChI is InChI=1S/C8H12NO2P/c1-12(2)11-8-5-3-7(9-10)4-6-8/h3-6,9-10H,1-2H3. The summed E-state index contributed by atoms with van der Waals surface area (Å²) in [5, 5.41) is 8.52. The predicted octanol–water partition coefficient (Wildman–Crippen LogP) is 2.52. The van der Waals surface area contributed by atoms with Crippen molar-refractivity contribution in [1.29, 1.82) is 0 Å². The first-order chi connectivity index (χ1) is 5.72. The molecule has 0 bridgehead atoms. The fraction of sp³-hybridized carbons (Fsp3) is 0.250. The summed E-state index contributed by atoms with van der Waals surface area (Å²) in [5.74, 6) is 0.838. The van der Waals surface area contributed by atoms with Gasteiger partial charge in [-0.05, 0) is 37.6 Å². The van der Waals surface area contributed by atoms with Crippen molar-refractivity contribution in [3.63, 3.8) is 0 Å². The topological polar surface area (TPSA) is 41.5 Å². The largest absolute Gasteiger partial charge is 0.475 e. The highest BCUT2D eigenvalue weighted by Crippen LogP contribution is 2.30. The maximum Gasteiger partial charge on any atom is 0.123 e.